The van der Waals surface area contributed by atoms with Crippen molar-refractivity contribution in [1.82, 2.24) is 10.6 Å². The number of rotatable bonds is 4. The van der Waals surface area contributed by atoms with Crippen molar-refractivity contribution in [3.8, 4) is 0 Å². The van der Waals surface area contributed by atoms with Gasteiger partial charge in [0.2, 0.25) is 0 Å². The second-order valence-electron chi connectivity index (χ2n) is 5.79. The maximum absolute atomic E-state index is 12.2. The molecule has 1 saturated heterocycles. The van der Waals surface area contributed by atoms with Crippen molar-refractivity contribution in [2.24, 2.45) is 5.92 Å². The smallest absolute Gasteiger partial charge is 0.329 e. The van der Waals surface area contributed by atoms with Crippen LogP contribution in [-0.2, 0) is 14.3 Å². The van der Waals surface area contributed by atoms with Crippen LogP contribution >= 0.6 is 0 Å². The highest BCUT2D eigenvalue weighted by atomic mass is 16.5. The molecule has 1 heterocycles. The largest absolute Gasteiger partial charge is 0.480 e. The summed E-state index contributed by atoms with van der Waals surface area (Å²) in [6.45, 7) is 3.78. The number of ether oxygens (including phenoxy) is 1. The highest BCUT2D eigenvalue weighted by Gasteiger charge is 2.44. The molecule has 0 radical (unpaired) electrons. The molecule has 3 N–H and O–H groups in total. The van der Waals surface area contributed by atoms with Gasteiger partial charge >= 0.3 is 5.97 Å². The third-order valence-corrected chi connectivity index (χ3v) is 4.53. The van der Waals surface area contributed by atoms with E-state index in [-0.39, 0.29) is 5.91 Å². The van der Waals surface area contributed by atoms with Crippen molar-refractivity contribution in [3.63, 3.8) is 0 Å². The molecule has 2 aliphatic rings. The van der Waals surface area contributed by atoms with Crippen LogP contribution in [0.15, 0.2) is 0 Å². The average molecular weight is 284 g/mol. The first kappa shape index (κ1) is 15.3. The summed E-state index contributed by atoms with van der Waals surface area (Å²) in [4.78, 5) is 23.8. The van der Waals surface area contributed by atoms with Crippen LogP contribution in [0.2, 0.25) is 0 Å². The lowest BCUT2D eigenvalue weighted by atomic mass is 9.75. The second-order valence-corrected chi connectivity index (χ2v) is 5.79. The van der Waals surface area contributed by atoms with Crippen molar-refractivity contribution in [2.45, 2.75) is 50.7 Å². The Balaban J connectivity index is 1.98. The number of aliphatic carboxylic acids is 1. The Kier molecular flexibility index (Phi) is 4.99. The molecule has 2 rings (SSSR count). The maximum Gasteiger partial charge on any atom is 0.329 e. The van der Waals surface area contributed by atoms with Gasteiger partial charge < -0.3 is 20.5 Å². The highest BCUT2D eigenvalue weighted by Crippen LogP contribution is 2.34. The van der Waals surface area contributed by atoms with E-state index in [1.807, 2.05) is 0 Å². The molecule has 1 atom stereocenters. The van der Waals surface area contributed by atoms with Gasteiger partial charge in [-0.15, -0.1) is 0 Å². The molecule has 1 amide bonds. The van der Waals surface area contributed by atoms with Gasteiger partial charge in [-0.25, -0.2) is 4.79 Å². The predicted molar refractivity (Wildman–Crippen MR) is 73.4 cm³/mol. The number of hydrogen-bond donors (Lipinski definition) is 3. The van der Waals surface area contributed by atoms with Crippen LogP contribution in [0.25, 0.3) is 0 Å². The van der Waals surface area contributed by atoms with E-state index in [0.29, 0.717) is 31.9 Å². The Bertz CT molecular complexity index is 358. The fraction of sp³-hybridized carbons (Fsp3) is 0.857. The quantitative estimate of drug-likeness (QED) is 0.700. The minimum Gasteiger partial charge on any atom is -0.480 e. The minimum atomic E-state index is -1.11. The van der Waals surface area contributed by atoms with E-state index in [9.17, 15) is 14.7 Å². The zero-order valence-electron chi connectivity index (χ0n) is 12.0. The van der Waals surface area contributed by atoms with Gasteiger partial charge in [-0.1, -0.05) is 13.3 Å². The molecular formula is C14H24N2O4. The minimum absolute atomic E-state index is 0.311. The number of carboxylic acid groups (broad SMARTS) is 1. The van der Waals surface area contributed by atoms with Crippen molar-refractivity contribution in [2.75, 3.05) is 19.7 Å². The molecule has 0 spiro atoms. The molecule has 0 aromatic rings. The van der Waals surface area contributed by atoms with Crippen molar-refractivity contribution in [1.29, 1.82) is 0 Å². The first-order chi connectivity index (χ1) is 9.57. The number of nitrogens with one attached hydrogen (secondary N) is 2. The number of carboxylic acids is 1. The fourth-order valence-corrected chi connectivity index (χ4v) is 3.02. The van der Waals surface area contributed by atoms with Gasteiger partial charge in [0.05, 0.1) is 6.61 Å². The molecule has 6 nitrogen and oxygen atoms in total. The molecule has 1 aliphatic heterocycles. The van der Waals surface area contributed by atoms with E-state index >= 15 is 0 Å². The summed E-state index contributed by atoms with van der Waals surface area (Å²) in [5, 5.41) is 15.3. The maximum atomic E-state index is 12.2. The van der Waals surface area contributed by atoms with E-state index in [1.165, 1.54) is 0 Å². The summed E-state index contributed by atoms with van der Waals surface area (Å²) in [5.41, 5.74) is -1.11. The zero-order valence-corrected chi connectivity index (χ0v) is 12.0. The third kappa shape index (κ3) is 3.30. The van der Waals surface area contributed by atoms with Crippen LogP contribution in [0.3, 0.4) is 0 Å². The molecule has 1 aliphatic carbocycles. The van der Waals surface area contributed by atoms with Crippen LogP contribution in [0.4, 0.5) is 0 Å². The van der Waals surface area contributed by atoms with Crippen molar-refractivity contribution < 1.29 is 19.4 Å². The lowest BCUT2D eigenvalue weighted by Gasteiger charge is -2.38. The van der Waals surface area contributed by atoms with Gasteiger partial charge in [0.1, 0.15) is 11.6 Å². The molecule has 0 bridgehead atoms. The lowest BCUT2D eigenvalue weighted by molar-refractivity contribution is -0.152. The average Bonchev–Trinajstić information content (AvgIpc) is 2.48. The summed E-state index contributed by atoms with van der Waals surface area (Å²) in [6.07, 6.45) is 3.21. The third-order valence-electron chi connectivity index (χ3n) is 4.53. The number of hydrogen-bond acceptors (Lipinski definition) is 4. The summed E-state index contributed by atoms with van der Waals surface area (Å²) in [7, 11) is 0. The molecular weight excluding hydrogens is 260 g/mol. The van der Waals surface area contributed by atoms with Gasteiger partial charge in [-0.05, 0) is 31.6 Å². The number of morpholine rings is 1. The molecule has 1 unspecified atom stereocenters. The van der Waals surface area contributed by atoms with Crippen molar-refractivity contribution in [3.05, 3.63) is 0 Å². The molecule has 114 valence electrons. The van der Waals surface area contributed by atoms with Crippen molar-refractivity contribution >= 4 is 11.9 Å². The predicted octanol–water partition coefficient (Wildman–Crippen LogP) is 0.515. The number of amides is 1. The van der Waals surface area contributed by atoms with Crippen LogP contribution < -0.4 is 10.6 Å². The Morgan fingerprint density at radius 2 is 2.10 bits per heavy atom. The van der Waals surface area contributed by atoms with Crippen LogP contribution in [-0.4, -0.2) is 48.3 Å². The number of carbonyl (C=O) groups is 2. The Morgan fingerprint density at radius 3 is 2.60 bits per heavy atom. The van der Waals surface area contributed by atoms with Gasteiger partial charge in [0.25, 0.3) is 5.91 Å². The molecule has 2 fully saturated rings. The van der Waals surface area contributed by atoms with Gasteiger partial charge in [-0.2, -0.15) is 0 Å². The first-order valence-corrected chi connectivity index (χ1v) is 7.45. The Hall–Kier alpha value is -1.14. The summed E-state index contributed by atoms with van der Waals surface area (Å²) < 4.78 is 5.38. The van der Waals surface area contributed by atoms with Gasteiger partial charge in [0, 0.05) is 13.1 Å². The Labute approximate surface area is 119 Å². The Morgan fingerprint density at radius 1 is 1.40 bits per heavy atom. The second kappa shape index (κ2) is 6.54. The fourth-order valence-electron chi connectivity index (χ4n) is 3.02. The summed E-state index contributed by atoms with van der Waals surface area (Å²) in [5.74, 6) is -0.661. The zero-order chi connectivity index (χ0) is 14.6. The first-order valence-electron chi connectivity index (χ1n) is 7.45. The topological polar surface area (TPSA) is 87.7 Å². The standard InChI is InChI=1S/C14H24N2O4/c1-2-10-3-5-14(6-4-10,13(18)19)16-12(17)11-9-15-7-8-20-11/h10-11,15H,2-9H2,1H3,(H,16,17)(H,18,19). The van der Waals surface area contributed by atoms with E-state index in [4.69, 9.17) is 4.74 Å². The normalized spacial score (nSPS) is 34.5. The number of carbonyl (C=O) groups excluding carboxylic acids is 1. The van der Waals surface area contributed by atoms with Crippen LogP contribution in [0.1, 0.15) is 39.0 Å². The van der Waals surface area contributed by atoms with E-state index < -0.39 is 17.6 Å². The molecule has 20 heavy (non-hydrogen) atoms. The van der Waals surface area contributed by atoms with Crippen LogP contribution in [0.5, 0.6) is 0 Å². The summed E-state index contributed by atoms with van der Waals surface area (Å²) >= 11 is 0. The molecule has 1 saturated carbocycles. The van der Waals surface area contributed by atoms with E-state index in [1.54, 1.807) is 0 Å². The van der Waals surface area contributed by atoms with Gasteiger partial charge in [-0.3, -0.25) is 4.79 Å². The molecule has 0 aromatic carbocycles. The SMILES string of the molecule is CCC1CCC(NC(=O)C2CNCCO2)(C(=O)O)CC1. The van der Waals surface area contributed by atoms with E-state index in [0.717, 1.165) is 25.8 Å². The lowest BCUT2D eigenvalue weighted by Crippen LogP contribution is -2.60. The van der Waals surface area contributed by atoms with Crippen LogP contribution in [0, 0.1) is 5.92 Å². The molecule has 0 aromatic heterocycles. The monoisotopic (exact) mass is 284 g/mol. The highest BCUT2D eigenvalue weighted by molar-refractivity contribution is 5.89. The van der Waals surface area contributed by atoms with Gasteiger partial charge in [0.15, 0.2) is 0 Å². The van der Waals surface area contributed by atoms with E-state index in [2.05, 4.69) is 17.6 Å². The molecule has 6 heteroatoms. The summed E-state index contributed by atoms with van der Waals surface area (Å²) in [6, 6.07) is 0.